The Hall–Kier alpha value is -1.45. The summed E-state index contributed by atoms with van der Waals surface area (Å²) in [6, 6.07) is 12.4. The number of rotatable bonds is 5. The molecule has 0 aliphatic rings. The lowest BCUT2D eigenvalue weighted by Gasteiger charge is -2.11. The molecule has 0 aliphatic carbocycles. The monoisotopic (exact) mass is 332 g/mol. The summed E-state index contributed by atoms with van der Waals surface area (Å²) in [7, 11) is 2.00. The van der Waals surface area contributed by atoms with Crippen molar-refractivity contribution < 1.29 is 0 Å². The molecule has 0 spiro atoms. The predicted octanol–water partition coefficient (Wildman–Crippen LogP) is 5.72. The van der Waals surface area contributed by atoms with Crippen molar-refractivity contribution in [2.45, 2.75) is 30.6 Å². The Kier molecular flexibility index (Phi) is 5.92. The van der Waals surface area contributed by atoms with Crippen LogP contribution in [-0.4, -0.2) is 24.8 Å². The van der Waals surface area contributed by atoms with Crippen molar-refractivity contribution in [2.75, 3.05) is 13.6 Å². The molecule has 0 unspecified atom stereocenters. The van der Waals surface area contributed by atoms with Crippen LogP contribution in [0.25, 0.3) is 0 Å². The second-order valence-corrected chi connectivity index (χ2v) is 6.75. The number of aliphatic imine (C=N–C) groups is 1. The molecule has 0 saturated carbocycles. The molecule has 0 aromatic heterocycles. The van der Waals surface area contributed by atoms with E-state index >= 15 is 0 Å². The molecule has 2 rings (SSSR count). The van der Waals surface area contributed by atoms with Crippen LogP contribution in [0, 0.1) is 13.8 Å². The molecule has 0 amide bonds. The summed E-state index contributed by atoms with van der Waals surface area (Å²) in [6.45, 7) is 7.20. The van der Waals surface area contributed by atoms with Gasteiger partial charge in [0.25, 0.3) is 0 Å². The molecule has 0 N–H and O–H groups in total. The fraction of sp³-hybridized carbons (Fsp3) is 0.278. The third-order valence-electron chi connectivity index (χ3n) is 3.46. The Morgan fingerprint density at radius 1 is 1.14 bits per heavy atom. The summed E-state index contributed by atoms with van der Waals surface area (Å²) in [6.07, 6.45) is 1.84. The van der Waals surface area contributed by atoms with E-state index in [-0.39, 0.29) is 0 Å². The van der Waals surface area contributed by atoms with Crippen LogP contribution in [0.1, 0.15) is 18.1 Å². The van der Waals surface area contributed by atoms with E-state index in [0.717, 1.165) is 27.7 Å². The Morgan fingerprint density at radius 3 is 2.55 bits per heavy atom. The molecule has 2 aromatic carbocycles. The van der Waals surface area contributed by atoms with Gasteiger partial charge in [0.2, 0.25) is 0 Å². The second kappa shape index (κ2) is 7.70. The van der Waals surface area contributed by atoms with Gasteiger partial charge in [-0.1, -0.05) is 41.6 Å². The van der Waals surface area contributed by atoms with E-state index in [4.69, 9.17) is 11.6 Å². The van der Waals surface area contributed by atoms with E-state index < -0.39 is 0 Å². The lowest BCUT2D eigenvalue weighted by atomic mass is 10.2. The minimum absolute atomic E-state index is 0.741. The summed E-state index contributed by atoms with van der Waals surface area (Å²) < 4.78 is 0. The van der Waals surface area contributed by atoms with Gasteiger partial charge in [0, 0.05) is 23.4 Å². The molecule has 116 valence electrons. The van der Waals surface area contributed by atoms with Crippen molar-refractivity contribution >= 4 is 35.4 Å². The van der Waals surface area contributed by atoms with Gasteiger partial charge in [-0.05, 0) is 50.1 Å². The molecule has 0 heterocycles. The number of aryl methyl sites for hydroxylation is 2. The number of hydrogen-bond donors (Lipinski definition) is 0. The molecule has 0 aliphatic heterocycles. The highest BCUT2D eigenvalue weighted by Gasteiger charge is 2.08. The average molecular weight is 333 g/mol. The zero-order valence-corrected chi connectivity index (χ0v) is 15.0. The van der Waals surface area contributed by atoms with Crippen LogP contribution in [0.15, 0.2) is 51.2 Å². The number of hydrogen-bond acceptors (Lipinski definition) is 2. The largest absolute Gasteiger partial charge is 0.366 e. The van der Waals surface area contributed by atoms with Gasteiger partial charge in [0.15, 0.2) is 0 Å². The molecule has 2 aromatic rings. The van der Waals surface area contributed by atoms with E-state index in [2.05, 4.69) is 50.0 Å². The van der Waals surface area contributed by atoms with Gasteiger partial charge in [-0.3, -0.25) is 0 Å². The fourth-order valence-corrected chi connectivity index (χ4v) is 3.17. The van der Waals surface area contributed by atoms with Gasteiger partial charge in [0.05, 0.1) is 17.0 Å². The summed E-state index contributed by atoms with van der Waals surface area (Å²) in [4.78, 5) is 8.83. The Morgan fingerprint density at radius 2 is 1.86 bits per heavy atom. The first kappa shape index (κ1) is 16.9. The minimum Gasteiger partial charge on any atom is -0.366 e. The molecule has 0 radical (unpaired) electrons. The Balaban J connectivity index is 2.27. The quantitative estimate of drug-likeness (QED) is 0.514. The highest BCUT2D eigenvalue weighted by molar-refractivity contribution is 7.99. The van der Waals surface area contributed by atoms with Gasteiger partial charge >= 0.3 is 0 Å². The highest BCUT2D eigenvalue weighted by Crippen LogP contribution is 2.38. The Bertz CT molecular complexity index is 683. The van der Waals surface area contributed by atoms with Gasteiger partial charge in [0.1, 0.15) is 0 Å². The molecule has 0 fully saturated rings. The summed E-state index contributed by atoms with van der Waals surface area (Å²) >= 11 is 8.14. The van der Waals surface area contributed by atoms with E-state index in [1.165, 1.54) is 10.5 Å². The van der Waals surface area contributed by atoms with Crippen molar-refractivity contribution in [3.8, 4) is 0 Å². The van der Waals surface area contributed by atoms with E-state index in [0.29, 0.717) is 0 Å². The minimum atomic E-state index is 0.741. The van der Waals surface area contributed by atoms with Gasteiger partial charge in [-0.25, -0.2) is 4.99 Å². The first-order valence-corrected chi connectivity index (χ1v) is 8.48. The maximum Gasteiger partial charge on any atom is 0.0909 e. The standard InChI is InChI=1S/C18H21ClN2S/c1-5-21(4)12-20-16-11-15(19)18(10-14(16)3)22-17-9-7-6-8-13(17)2/h6-12H,5H2,1-4H3. The fourth-order valence-electron chi connectivity index (χ4n) is 1.89. The molecule has 0 bridgehead atoms. The maximum atomic E-state index is 6.44. The zero-order valence-electron chi connectivity index (χ0n) is 13.4. The topological polar surface area (TPSA) is 15.6 Å². The van der Waals surface area contributed by atoms with E-state index in [9.17, 15) is 0 Å². The predicted molar refractivity (Wildman–Crippen MR) is 97.9 cm³/mol. The van der Waals surface area contributed by atoms with Crippen molar-refractivity contribution in [1.82, 2.24) is 4.90 Å². The van der Waals surface area contributed by atoms with Crippen LogP contribution in [0.5, 0.6) is 0 Å². The first-order chi connectivity index (χ1) is 10.5. The van der Waals surface area contributed by atoms with Crippen LogP contribution < -0.4 is 0 Å². The van der Waals surface area contributed by atoms with Crippen LogP contribution in [-0.2, 0) is 0 Å². The summed E-state index contributed by atoms with van der Waals surface area (Å²) in [5, 5.41) is 0.741. The molecule has 0 saturated heterocycles. The number of halogens is 1. The average Bonchev–Trinajstić information content (AvgIpc) is 2.51. The first-order valence-electron chi connectivity index (χ1n) is 7.29. The SMILES string of the molecule is CCN(C)C=Nc1cc(Cl)c(Sc2ccccc2C)cc1C. The van der Waals surface area contributed by atoms with Gasteiger partial charge in [-0.2, -0.15) is 0 Å². The second-order valence-electron chi connectivity index (χ2n) is 5.25. The van der Waals surface area contributed by atoms with Crippen LogP contribution in [0.2, 0.25) is 5.02 Å². The van der Waals surface area contributed by atoms with E-state index in [1.54, 1.807) is 11.8 Å². The van der Waals surface area contributed by atoms with Crippen molar-refractivity contribution in [1.29, 1.82) is 0 Å². The van der Waals surface area contributed by atoms with Crippen LogP contribution >= 0.6 is 23.4 Å². The maximum absolute atomic E-state index is 6.44. The van der Waals surface area contributed by atoms with Crippen LogP contribution in [0.4, 0.5) is 5.69 Å². The molecule has 4 heteroatoms. The zero-order chi connectivity index (χ0) is 16.1. The smallest absolute Gasteiger partial charge is 0.0909 e. The summed E-state index contributed by atoms with van der Waals surface area (Å²) in [5.74, 6) is 0. The number of benzene rings is 2. The lowest BCUT2D eigenvalue weighted by molar-refractivity contribution is 0.552. The highest BCUT2D eigenvalue weighted by atomic mass is 35.5. The van der Waals surface area contributed by atoms with Gasteiger partial charge < -0.3 is 4.90 Å². The molecule has 0 atom stereocenters. The normalized spacial score (nSPS) is 11.1. The number of nitrogens with zero attached hydrogens (tertiary/aromatic N) is 2. The molecule has 22 heavy (non-hydrogen) atoms. The third-order valence-corrected chi connectivity index (χ3v) is 5.12. The third kappa shape index (κ3) is 4.28. The molecular weight excluding hydrogens is 312 g/mol. The lowest BCUT2D eigenvalue weighted by Crippen LogP contribution is -2.14. The van der Waals surface area contributed by atoms with Crippen molar-refractivity contribution in [3.63, 3.8) is 0 Å². The van der Waals surface area contributed by atoms with Crippen LogP contribution in [0.3, 0.4) is 0 Å². The van der Waals surface area contributed by atoms with E-state index in [1.807, 2.05) is 30.4 Å². The van der Waals surface area contributed by atoms with Crippen molar-refractivity contribution in [2.24, 2.45) is 4.99 Å². The molecule has 2 nitrogen and oxygen atoms in total. The van der Waals surface area contributed by atoms with Gasteiger partial charge in [-0.15, -0.1) is 0 Å². The molecular formula is C18H21ClN2S. The van der Waals surface area contributed by atoms with Crippen molar-refractivity contribution in [3.05, 3.63) is 52.5 Å². The summed E-state index contributed by atoms with van der Waals surface area (Å²) in [5.41, 5.74) is 3.30. The Labute approximate surface area is 142 Å².